The predicted molar refractivity (Wildman–Crippen MR) is 81.9 cm³/mol. The van der Waals surface area contributed by atoms with Crippen LogP contribution in [0.1, 0.15) is 17.3 Å². The Labute approximate surface area is 132 Å². The van der Waals surface area contributed by atoms with Crippen LogP contribution in [-0.4, -0.2) is 23.5 Å². The summed E-state index contributed by atoms with van der Waals surface area (Å²) in [6.45, 7) is 1.79. The molecule has 2 rings (SSSR count). The largest absolute Gasteiger partial charge is 0.491 e. The Morgan fingerprint density at radius 2 is 2.04 bits per heavy atom. The maximum absolute atomic E-state index is 13.0. The average Bonchev–Trinajstić information content (AvgIpc) is 2.53. The summed E-state index contributed by atoms with van der Waals surface area (Å²) in [5.41, 5.74) is -0.279. The van der Waals surface area contributed by atoms with Gasteiger partial charge >= 0.3 is 0 Å². The molecular formula is C16H15FN2O4. The molecule has 0 aromatic heterocycles. The number of hydrogen-bond donors (Lipinski definition) is 1. The number of carbonyl (C=O) groups excluding carboxylic acids is 1. The van der Waals surface area contributed by atoms with E-state index in [0.717, 1.165) is 0 Å². The summed E-state index contributed by atoms with van der Waals surface area (Å²) in [4.78, 5) is 22.4. The number of rotatable bonds is 6. The van der Waals surface area contributed by atoms with Crippen molar-refractivity contribution >= 4 is 11.6 Å². The predicted octanol–water partition coefficient (Wildman–Crippen LogP) is 2.93. The van der Waals surface area contributed by atoms with Crippen molar-refractivity contribution in [3.05, 3.63) is 70.0 Å². The van der Waals surface area contributed by atoms with E-state index in [1.165, 1.54) is 36.4 Å². The van der Waals surface area contributed by atoms with Gasteiger partial charge in [0.05, 0.1) is 11.0 Å². The molecule has 120 valence electrons. The molecule has 0 heterocycles. The molecule has 6 nitrogen and oxygen atoms in total. The van der Waals surface area contributed by atoms with E-state index in [0.29, 0.717) is 5.75 Å². The second kappa shape index (κ2) is 7.35. The minimum absolute atomic E-state index is 0.0184. The van der Waals surface area contributed by atoms with E-state index in [9.17, 15) is 19.3 Å². The first-order chi connectivity index (χ1) is 11.0. The SMILES string of the molecule is C[C@@H](COc1cccc(F)c1)NC(=O)c1ccccc1[N+](=O)[O-]. The highest BCUT2D eigenvalue weighted by molar-refractivity contribution is 5.98. The monoisotopic (exact) mass is 318 g/mol. The Morgan fingerprint density at radius 1 is 1.30 bits per heavy atom. The Kier molecular flexibility index (Phi) is 5.24. The topological polar surface area (TPSA) is 81.5 Å². The van der Waals surface area contributed by atoms with Gasteiger partial charge in [-0.15, -0.1) is 0 Å². The Bertz CT molecular complexity index is 721. The van der Waals surface area contributed by atoms with Crippen molar-refractivity contribution in [2.45, 2.75) is 13.0 Å². The molecule has 23 heavy (non-hydrogen) atoms. The summed E-state index contributed by atoms with van der Waals surface area (Å²) in [6, 6.07) is 10.9. The summed E-state index contributed by atoms with van der Waals surface area (Å²) in [7, 11) is 0. The van der Waals surface area contributed by atoms with Gasteiger partial charge in [0.15, 0.2) is 0 Å². The van der Waals surface area contributed by atoms with E-state index in [4.69, 9.17) is 4.74 Å². The molecule has 2 aromatic carbocycles. The van der Waals surface area contributed by atoms with Gasteiger partial charge in [0, 0.05) is 12.1 Å². The minimum atomic E-state index is -0.608. The van der Waals surface area contributed by atoms with Crippen LogP contribution in [-0.2, 0) is 0 Å². The van der Waals surface area contributed by atoms with Crippen LogP contribution in [0.5, 0.6) is 5.75 Å². The molecule has 2 aromatic rings. The highest BCUT2D eigenvalue weighted by Gasteiger charge is 2.20. The van der Waals surface area contributed by atoms with Crippen LogP contribution in [0.15, 0.2) is 48.5 Å². The molecule has 0 aliphatic carbocycles. The molecule has 1 amide bonds. The number of amides is 1. The lowest BCUT2D eigenvalue weighted by Gasteiger charge is -2.15. The van der Waals surface area contributed by atoms with Crippen molar-refractivity contribution in [2.24, 2.45) is 0 Å². The summed E-state index contributed by atoms with van der Waals surface area (Å²) >= 11 is 0. The van der Waals surface area contributed by atoms with Gasteiger partial charge in [-0.25, -0.2) is 4.39 Å². The Hall–Kier alpha value is -2.96. The standard InChI is InChI=1S/C16H15FN2O4/c1-11(10-23-13-6-4-5-12(17)9-13)18-16(20)14-7-2-3-8-15(14)19(21)22/h2-9,11H,10H2,1H3,(H,18,20)/t11-/m0/s1. The molecule has 0 saturated carbocycles. The van der Waals surface area contributed by atoms with Crippen LogP contribution in [0, 0.1) is 15.9 Å². The molecule has 0 unspecified atom stereocenters. The van der Waals surface area contributed by atoms with Gasteiger partial charge in [0.1, 0.15) is 23.7 Å². The van der Waals surface area contributed by atoms with Crippen LogP contribution in [0.25, 0.3) is 0 Å². The minimum Gasteiger partial charge on any atom is -0.491 e. The number of carbonyl (C=O) groups is 1. The zero-order valence-electron chi connectivity index (χ0n) is 12.4. The first kappa shape index (κ1) is 16.4. The lowest BCUT2D eigenvalue weighted by molar-refractivity contribution is -0.385. The highest BCUT2D eigenvalue weighted by Crippen LogP contribution is 2.17. The van der Waals surface area contributed by atoms with Crippen LogP contribution in [0.3, 0.4) is 0 Å². The van der Waals surface area contributed by atoms with Gasteiger partial charge in [-0.3, -0.25) is 14.9 Å². The van der Waals surface area contributed by atoms with Crippen molar-refractivity contribution in [1.29, 1.82) is 0 Å². The quantitative estimate of drug-likeness (QED) is 0.656. The third-order valence-electron chi connectivity index (χ3n) is 3.02. The first-order valence-corrected chi connectivity index (χ1v) is 6.90. The van der Waals surface area contributed by atoms with Gasteiger partial charge in [-0.2, -0.15) is 0 Å². The Balaban J connectivity index is 1.96. The van der Waals surface area contributed by atoms with E-state index >= 15 is 0 Å². The maximum Gasteiger partial charge on any atom is 0.282 e. The number of ether oxygens (including phenoxy) is 1. The molecule has 0 fully saturated rings. The first-order valence-electron chi connectivity index (χ1n) is 6.90. The number of nitro groups is 1. The zero-order chi connectivity index (χ0) is 16.8. The molecule has 0 radical (unpaired) electrons. The molecular weight excluding hydrogens is 303 g/mol. The van der Waals surface area contributed by atoms with Crippen LogP contribution >= 0.6 is 0 Å². The lowest BCUT2D eigenvalue weighted by atomic mass is 10.1. The molecule has 1 atom stereocenters. The lowest BCUT2D eigenvalue weighted by Crippen LogP contribution is -2.37. The van der Waals surface area contributed by atoms with E-state index in [1.807, 2.05) is 0 Å². The molecule has 0 spiro atoms. The van der Waals surface area contributed by atoms with Crippen LogP contribution < -0.4 is 10.1 Å². The summed E-state index contributed by atoms with van der Waals surface area (Å²) in [5.74, 6) is -0.636. The number of nitro benzene ring substituents is 1. The molecule has 1 N–H and O–H groups in total. The number of benzene rings is 2. The van der Waals surface area contributed by atoms with Gasteiger partial charge in [-0.1, -0.05) is 18.2 Å². The van der Waals surface area contributed by atoms with E-state index < -0.39 is 22.7 Å². The molecule has 0 bridgehead atoms. The third-order valence-corrected chi connectivity index (χ3v) is 3.02. The van der Waals surface area contributed by atoms with Crippen molar-refractivity contribution < 1.29 is 18.8 Å². The second-order valence-corrected chi connectivity index (χ2v) is 4.92. The smallest absolute Gasteiger partial charge is 0.282 e. The number of nitrogens with one attached hydrogen (secondary N) is 1. The number of nitrogens with zero attached hydrogens (tertiary/aromatic N) is 1. The fourth-order valence-electron chi connectivity index (χ4n) is 1.95. The van der Waals surface area contributed by atoms with E-state index in [1.54, 1.807) is 19.1 Å². The van der Waals surface area contributed by atoms with Gasteiger partial charge < -0.3 is 10.1 Å². The van der Waals surface area contributed by atoms with Crippen LogP contribution in [0.4, 0.5) is 10.1 Å². The molecule has 7 heteroatoms. The molecule has 0 aliphatic heterocycles. The third kappa shape index (κ3) is 4.50. The van der Waals surface area contributed by atoms with E-state index in [2.05, 4.69) is 5.32 Å². The fourth-order valence-corrected chi connectivity index (χ4v) is 1.95. The number of halogens is 1. The van der Waals surface area contributed by atoms with Crippen LogP contribution in [0.2, 0.25) is 0 Å². The second-order valence-electron chi connectivity index (χ2n) is 4.92. The van der Waals surface area contributed by atoms with Gasteiger partial charge in [-0.05, 0) is 25.1 Å². The highest BCUT2D eigenvalue weighted by atomic mass is 19.1. The molecule has 0 aliphatic rings. The fraction of sp³-hybridized carbons (Fsp3) is 0.188. The number of para-hydroxylation sites is 1. The molecule has 0 saturated heterocycles. The normalized spacial score (nSPS) is 11.6. The van der Waals surface area contributed by atoms with Gasteiger partial charge in [0.2, 0.25) is 0 Å². The van der Waals surface area contributed by atoms with Crippen molar-refractivity contribution in [3.63, 3.8) is 0 Å². The van der Waals surface area contributed by atoms with Crippen molar-refractivity contribution in [2.75, 3.05) is 6.61 Å². The van der Waals surface area contributed by atoms with Crippen molar-refractivity contribution in [3.8, 4) is 5.75 Å². The summed E-state index contributed by atoms with van der Waals surface area (Å²) < 4.78 is 18.4. The van der Waals surface area contributed by atoms with Crippen molar-refractivity contribution in [1.82, 2.24) is 5.32 Å². The summed E-state index contributed by atoms with van der Waals surface area (Å²) in [6.07, 6.45) is 0. The number of hydrogen-bond acceptors (Lipinski definition) is 4. The summed E-state index contributed by atoms with van der Waals surface area (Å²) in [5, 5.41) is 13.5. The Morgan fingerprint density at radius 3 is 2.74 bits per heavy atom. The maximum atomic E-state index is 13.0. The average molecular weight is 318 g/mol. The van der Waals surface area contributed by atoms with Gasteiger partial charge in [0.25, 0.3) is 11.6 Å². The van der Waals surface area contributed by atoms with E-state index in [-0.39, 0.29) is 17.9 Å². The zero-order valence-corrected chi connectivity index (χ0v) is 12.4.